The minimum absolute atomic E-state index is 0.0147. The first-order chi connectivity index (χ1) is 8.84. The number of carbonyl (C=O) groups excluding carboxylic acids is 1. The molecule has 0 aliphatic heterocycles. The number of ether oxygens (including phenoxy) is 1. The molecule has 1 rings (SSSR count). The van der Waals surface area contributed by atoms with Crippen molar-refractivity contribution in [2.45, 2.75) is 18.7 Å². The van der Waals surface area contributed by atoms with Gasteiger partial charge in [-0.05, 0) is 31.5 Å². The van der Waals surface area contributed by atoms with E-state index in [4.69, 9.17) is 9.88 Å². The third-order valence-electron chi connectivity index (χ3n) is 2.24. The highest BCUT2D eigenvalue weighted by molar-refractivity contribution is 7.89. The zero-order valence-corrected chi connectivity index (χ0v) is 11.5. The van der Waals surface area contributed by atoms with Crippen LogP contribution in [0.2, 0.25) is 0 Å². The van der Waals surface area contributed by atoms with Gasteiger partial charge in [-0.25, -0.2) is 13.6 Å². The first-order valence-corrected chi connectivity index (χ1v) is 7.12. The number of nitrogens with one attached hydrogen (secondary N) is 1. The maximum absolute atomic E-state index is 11.5. The van der Waals surface area contributed by atoms with Gasteiger partial charge in [0.25, 0.3) is 5.91 Å². The Bertz CT molecular complexity index is 594. The van der Waals surface area contributed by atoms with Crippen molar-refractivity contribution in [3.8, 4) is 0 Å². The molecule has 0 aliphatic carbocycles. The summed E-state index contributed by atoms with van der Waals surface area (Å²) in [4.78, 5) is 11.5. The lowest BCUT2D eigenvalue weighted by Crippen LogP contribution is -2.15. The smallest absolute Gasteiger partial charge is 0.251 e. The van der Waals surface area contributed by atoms with Gasteiger partial charge in [0.15, 0.2) is 0 Å². The molecular weight excluding hydrogens is 268 g/mol. The van der Waals surface area contributed by atoms with Crippen LogP contribution in [0.1, 0.15) is 12.5 Å². The predicted molar refractivity (Wildman–Crippen MR) is 71.9 cm³/mol. The van der Waals surface area contributed by atoms with E-state index in [2.05, 4.69) is 5.32 Å². The Morgan fingerprint density at radius 3 is 2.74 bits per heavy atom. The number of hydrogen-bond acceptors (Lipinski definition) is 4. The lowest BCUT2D eigenvalue weighted by atomic mass is 10.2. The molecule has 0 radical (unpaired) electrons. The van der Waals surface area contributed by atoms with Gasteiger partial charge in [-0.2, -0.15) is 0 Å². The molecule has 0 bridgehead atoms. The van der Waals surface area contributed by atoms with Crippen LogP contribution >= 0.6 is 0 Å². The van der Waals surface area contributed by atoms with Crippen LogP contribution in [0.3, 0.4) is 0 Å². The molecule has 0 heterocycles. The molecule has 0 unspecified atom stereocenters. The lowest BCUT2D eigenvalue weighted by Gasteiger charge is -2.07. The average Bonchev–Trinajstić information content (AvgIpc) is 2.30. The highest BCUT2D eigenvalue weighted by Crippen LogP contribution is 2.18. The van der Waals surface area contributed by atoms with E-state index in [9.17, 15) is 13.2 Å². The summed E-state index contributed by atoms with van der Waals surface area (Å²) in [6, 6.07) is 4.48. The van der Waals surface area contributed by atoms with Crippen molar-refractivity contribution >= 4 is 21.6 Å². The van der Waals surface area contributed by atoms with Gasteiger partial charge in [0.1, 0.15) is 0 Å². The van der Waals surface area contributed by atoms with Crippen molar-refractivity contribution in [1.82, 2.24) is 0 Å². The van der Waals surface area contributed by atoms with Crippen LogP contribution in [0, 0.1) is 6.92 Å². The Kier molecular flexibility index (Phi) is 5.08. The number of rotatable bonds is 5. The molecule has 0 atom stereocenters. The second-order valence-corrected chi connectivity index (χ2v) is 5.30. The average molecular weight is 284 g/mol. The number of amides is 1. The molecule has 1 amide bonds. The van der Waals surface area contributed by atoms with Gasteiger partial charge in [0.05, 0.1) is 17.8 Å². The van der Waals surface area contributed by atoms with Crippen LogP contribution in [-0.4, -0.2) is 20.9 Å². The van der Waals surface area contributed by atoms with E-state index in [0.29, 0.717) is 17.9 Å². The summed E-state index contributed by atoms with van der Waals surface area (Å²) in [6.07, 6.45) is 2.48. The Morgan fingerprint density at radius 2 is 2.16 bits per heavy atom. The van der Waals surface area contributed by atoms with Crippen LogP contribution in [0.15, 0.2) is 35.4 Å². The van der Waals surface area contributed by atoms with Crippen molar-refractivity contribution < 1.29 is 17.9 Å². The van der Waals surface area contributed by atoms with Gasteiger partial charge in [-0.1, -0.05) is 6.07 Å². The molecule has 7 heteroatoms. The zero-order chi connectivity index (χ0) is 14.5. The molecule has 0 spiro atoms. The SMILES string of the molecule is CCO/C=C/C(=O)Nc1ccc(C)c(S(N)(=O)=O)c1. The Hall–Kier alpha value is -1.86. The van der Waals surface area contributed by atoms with Crippen molar-refractivity contribution in [2.24, 2.45) is 5.14 Å². The fourth-order valence-corrected chi connectivity index (χ4v) is 2.18. The molecule has 0 saturated carbocycles. The van der Waals surface area contributed by atoms with Gasteiger partial charge in [-0.15, -0.1) is 0 Å². The van der Waals surface area contributed by atoms with E-state index >= 15 is 0 Å². The van der Waals surface area contributed by atoms with E-state index in [0.717, 1.165) is 0 Å². The molecule has 1 aromatic carbocycles. The first kappa shape index (κ1) is 15.2. The molecule has 104 valence electrons. The summed E-state index contributed by atoms with van der Waals surface area (Å²) in [5, 5.41) is 7.60. The third-order valence-corrected chi connectivity index (χ3v) is 3.30. The molecule has 3 N–H and O–H groups in total. The first-order valence-electron chi connectivity index (χ1n) is 5.57. The molecule has 1 aromatic rings. The quantitative estimate of drug-likeness (QED) is 0.625. The molecule has 19 heavy (non-hydrogen) atoms. The Morgan fingerprint density at radius 1 is 1.47 bits per heavy atom. The maximum atomic E-state index is 11.5. The normalized spacial score (nSPS) is 11.5. The molecule has 0 aliphatic rings. The second-order valence-electron chi connectivity index (χ2n) is 3.77. The zero-order valence-electron chi connectivity index (χ0n) is 10.7. The number of anilines is 1. The van der Waals surface area contributed by atoms with E-state index in [1.54, 1.807) is 26.0 Å². The van der Waals surface area contributed by atoms with E-state index in [1.165, 1.54) is 18.4 Å². The number of nitrogens with two attached hydrogens (primary N) is 1. The Balaban J connectivity index is 2.89. The number of benzene rings is 1. The summed E-state index contributed by atoms with van der Waals surface area (Å²) in [7, 11) is -3.81. The second kappa shape index (κ2) is 6.35. The van der Waals surface area contributed by atoms with Crippen molar-refractivity contribution in [1.29, 1.82) is 0 Å². The number of primary sulfonamides is 1. The van der Waals surface area contributed by atoms with Crippen LogP contribution in [0.5, 0.6) is 0 Å². The number of carbonyl (C=O) groups is 1. The summed E-state index contributed by atoms with van der Waals surface area (Å²) in [6.45, 7) is 3.88. The van der Waals surface area contributed by atoms with Crippen LogP contribution in [-0.2, 0) is 19.6 Å². The third kappa shape index (κ3) is 4.72. The lowest BCUT2D eigenvalue weighted by molar-refractivity contribution is -0.112. The molecule has 0 aromatic heterocycles. The van der Waals surface area contributed by atoms with Crippen molar-refractivity contribution in [3.05, 3.63) is 36.1 Å². The van der Waals surface area contributed by atoms with Crippen LogP contribution in [0.4, 0.5) is 5.69 Å². The van der Waals surface area contributed by atoms with Crippen molar-refractivity contribution in [3.63, 3.8) is 0 Å². The minimum atomic E-state index is -3.81. The highest BCUT2D eigenvalue weighted by Gasteiger charge is 2.12. The summed E-state index contributed by atoms with van der Waals surface area (Å²) >= 11 is 0. The van der Waals surface area contributed by atoms with Gasteiger partial charge in [-0.3, -0.25) is 4.79 Å². The highest BCUT2D eigenvalue weighted by atomic mass is 32.2. The van der Waals surface area contributed by atoms with Gasteiger partial charge in [0, 0.05) is 11.8 Å². The van der Waals surface area contributed by atoms with Gasteiger partial charge >= 0.3 is 0 Å². The number of sulfonamides is 1. The summed E-state index contributed by atoms with van der Waals surface area (Å²) in [5.41, 5.74) is 0.867. The fourth-order valence-electron chi connectivity index (χ4n) is 1.37. The largest absolute Gasteiger partial charge is 0.501 e. The standard InChI is InChI=1S/C12H16N2O4S/c1-3-18-7-6-12(15)14-10-5-4-9(2)11(8-10)19(13,16)17/h4-8H,3H2,1-2H3,(H,14,15)(H2,13,16,17)/b7-6+. The topological polar surface area (TPSA) is 98.5 Å². The summed E-state index contributed by atoms with van der Waals surface area (Å²) in [5.74, 6) is -0.419. The van der Waals surface area contributed by atoms with Crippen molar-refractivity contribution in [2.75, 3.05) is 11.9 Å². The maximum Gasteiger partial charge on any atom is 0.251 e. The van der Waals surface area contributed by atoms with Gasteiger partial charge in [0.2, 0.25) is 10.0 Å². The monoisotopic (exact) mass is 284 g/mol. The molecular formula is C12H16N2O4S. The van der Waals surface area contributed by atoms with Gasteiger partial charge < -0.3 is 10.1 Å². The Labute approximate surface area is 112 Å². The van der Waals surface area contributed by atoms with E-state index in [-0.39, 0.29) is 4.90 Å². The van der Waals surface area contributed by atoms with E-state index < -0.39 is 15.9 Å². The number of aryl methyl sites for hydroxylation is 1. The molecule has 0 saturated heterocycles. The minimum Gasteiger partial charge on any atom is -0.501 e. The molecule has 6 nitrogen and oxygen atoms in total. The van der Waals surface area contributed by atoms with E-state index in [1.807, 2.05) is 0 Å². The predicted octanol–water partition coefficient (Wildman–Crippen LogP) is 1.13. The van der Waals surface area contributed by atoms with Crippen LogP contribution < -0.4 is 10.5 Å². The summed E-state index contributed by atoms with van der Waals surface area (Å²) < 4.78 is 27.5. The number of hydrogen-bond donors (Lipinski definition) is 2. The fraction of sp³-hybridized carbons (Fsp3) is 0.250. The van der Waals surface area contributed by atoms with Crippen LogP contribution in [0.25, 0.3) is 0 Å². The molecule has 0 fully saturated rings.